The minimum Gasteiger partial charge on any atom is -0.304 e. The van der Waals surface area contributed by atoms with E-state index in [9.17, 15) is 0 Å². The van der Waals surface area contributed by atoms with Crippen LogP contribution in [0, 0.1) is 6.07 Å². The predicted octanol–water partition coefficient (Wildman–Crippen LogP) is 5.14. The summed E-state index contributed by atoms with van der Waals surface area (Å²) in [6.45, 7) is 9.42. The molecule has 0 atom stereocenters. The fraction of sp³-hybridized carbons (Fsp3) is 0.350. The van der Waals surface area contributed by atoms with Gasteiger partial charge in [-0.2, -0.15) is 0 Å². The van der Waals surface area contributed by atoms with E-state index in [0.29, 0.717) is 0 Å². The molecule has 0 saturated heterocycles. The molecule has 1 radical (unpaired) electrons. The molecule has 2 aromatic carbocycles. The molecule has 2 heteroatoms. The van der Waals surface area contributed by atoms with Crippen molar-refractivity contribution < 1.29 is 20.1 Å². The van der Waals surface area contributed by atoms with Crippen molar-refractivity contribution in [3.05, 3.63) is 53.7 Å². The maximum atomic E-state index is 4.59. The van der Waals surface area contributed by atoms with Gasteiger partial charge in [0, 0.05) is 26.3 Å². The van der Waals surface area contributed by atoms with Crippen LogP contribution in [0.3, 0.4) is 0 Å². The van der Waals surface area contributed by atoms with Crippen LogP contribution in [-0.4, -0.2) is 4.98 Å². The van der Waals surface area contributed by atoms with Crippen LogP contribution in [0.15, 0.2) is 36.5 Å². The van der Waals surface area contributed by atoms with E-state index in [0.717, 1.165) is 10.9 Å². The van der Waals surface area contributed by atoms with Crippen LogP contribution in [-0.2, 0) is 30.9 Å². The number of nitrogens with zero attached hydrogens (tertiary/aromatic N) is 1. The van der Waals surface area contributed by atoms with Gasteiger partial charge in [0.05, 0.1) is 0 Å². The molecule has 0 unspecified atom stereocenters. The number of fused-ring (bicyclic) bond motifs is 5. The van der Waals surface area contributed by atoms with Gasteiger partial charge in [-0.3, -0.25) is 0 Å². The Hall–Kier alpha value is -1.24. The van der Waals surface area contributed by atoms with Crippen molar-refractivity contribution in [1.29, 1.82) is 0 Å². The molecule has 115 valence electrons. The van der Waals surface area contributed by atoms with E-state index in [4.69, 9.17) is 0 Å². The molecule has 1 aliphatic rings. The van der Waals surface area contributed by atoms with E-state index in [-0.39, 0.29) is 30.9 Å². The van der Waals surface area contributed by atoms with Gasteiger partial charge >= 0.3 is 0 Å². The SMILES string of the molecule is CC1(C)CC(C)(C)c2c1c[c-]c1c2ccc2cccnc21.[Ir]. The fourth-order valence-corrected chi connectivity index (χ4v) is 4.41. The van der Waals surface area contributed by atoms with Crippen LogP contribution in [0.4, 0.5) is 0 Å². The van der Waals surface area contributed by atoms with E-state index in [2.05, 4.69) is 63.0 Å². The molecule has 0 saturated carbocycles. The Bertz CT molecular complexity index is 877. The maximum absolute atomic E-state index is 4.59. The molecule has 0 N–H and O–H groups in total. The Balaban J connectivity index is 0.00000144. The van der Waals surface area contributed by atoms with Gasteiger partial charge < -0.3 is 4.98 Å². The molecular formula is C20H20IrN-. The summed E-state index contributed by atoms with van der Waals surface area (Å²) in [6.07, 6.45) is 3.06. The van der Waals surface area contributed by atoms with Gasteiger partial charge in [0.25, 0.3) is 0 Å². The first-order valence-electron chi connectivity index (χ1n) is 7.63. The monoisotopic (exact) mass is 467 g/mol. The fourth-order valence-electron chi connectivity index (χ4n) is 4.41. The Morgan fingerprint density at radius 3 is 2.59 bits per heavy atom. The van der Waals surface area contributed by atoms with Crippen LogP contribution in [0.2, 0.25) is 0 Å². The first kappa shape index (κ1) is 15.6. The van der Waals surface area contributed by atoms with Crippen LogP contribution in [0.25, 0.3) is 21.7 Å². The summed E-state index contributed by atoms with van der Waals surface area (Å²) in [6, 6.07) is 14.3. The van der Waals surface area contributed by atoms with E-state index < -0.39 is 0 Å². The summed E-state index contributed by atoms with van der Waals surface area (Å²) in [7, 11) is 0. The van der Waals surface area contributed by atoms with Crippen molar-refractivity contribution >= 4 is 21.7 Å². The Morgan fingerprint density at radius 1 is 1.05 bits per heavy atom. The van der Waals surface area contributed by atoms with Crippen molar-refractivity contribution in [2.24, 2.45) is 0 Å². The van der Waals surface area contributed by atoms with Gasteiger partial charge in [-0.05, 0) is 34.2 Å². The first-order valence-corrected chi connectivity index (χ1v) is 7.63. The smallest absolute Gasteiger partial charge is 0.0161 e. The van der Waals surface area contributed by atoms with Gasteiger partial charge in [0.2, 0.25) is 0 Å². The van der Waals surface area contributed by atoms with Gasteiger partial charge in [-0.25, -0.2) is 0 Å². The molecule has 22 heavy (non-hydrogen) atoms. The molecule has 0 amide bonds. The Kier molecular flexibility index (Phi) is 3.47. The number of aromatic nitrogens is 1. The minimum atomic E-state index is 0. The summed E-state index contributed by atoms with van der Waals surface area (Å²) in [5.74, 6) is 0. The third-order valence-corrected chi connectivity index (χ3v) is 4.96. The summed E-state index contributed by atoms with van der Waals surface area (Å²) in [5, 5.41) is 3.68. The zero-order chi connectivity index (χ0) is 14.8. The van der Waals surface area contributed by atoms with Crippen molar-refractivity contribution in [1.82, 2.24) is 4.98 Å². The predicted molar refractivity (Wildman–Crippen MR) is 88.8 cm³/mol. The first-order chi connectivity index (χ1) is 9.90. The largest absolute Gasteiger partial charge is 0.304 e. The van der Waals surface area contributed by atoms with Crippen molar-refractivity contribution in [3.8, 4) is 0 Å². The number of rotatable bonds is 0. The zero-order valence-electron chi connectivity index (χ0n) is 13.5. The molecular weight excluding hydrogens is 446 g/mol. The second-order valence-electron chi connectivity index (χ2n) is 7.59. The van der Waals surface area contributed by atoms with Gasteiger partial charge in [-0.15, -0.1) is 34.0 Å². The minimum absolute atomic E-state index is 0. The molecule has 3 aromatic rings. The molecule has 1 heterocycles. The summed E-state index contributed by atoms with van der Waals surface area (Å²) in [4.78, 5) is 4.59. The van der Waals surface area contributed by atoms with Crippen LogP contribution in [0.1, 0.15) is 45.2 Å². The van der Waals surface area contributed by atoms with E-state index >= 15 is 0 Å². The van der Waals surface area contributed by atoms with Crippen LogP contribution >= 0.6 is 0 Å². The number of hydrogen-bond acceptors (Lipinski definition) is 1. The standard InChI is InChI=1S/C20H20N.Ir/c1-19(2)12-20(3,4)17-14-8-7-13-6-5-11-21-18(13)15(14)9-10-16(17)19;/h5-8,10-11H,12H2,1-4H3;/q-1;. The average molecular weight is 467 g/mol. The Labute approximate surface area is 145 Å². The third kappa shape index (κ3) is 2.05. The molecule has 0 bridgehead atoms. The summed E-state index contributed by atoms with van der Waals surface area (Å²) < 4.78 is 0. The van der Waals surface area contributed by atoms with Crippen molar-refractivity contribution in [3.63, 3.8) is 0 Å². The second kappa shape index (κ2) is 4.88. The van der Waals surface area contributed by atoms with Crippen molar-refractivity contribution in [2.45, 2.75) is 44.9 Å². The third-order valence-electron chi connectivity index (χ3n) is 4.96. The van der Waals surface area contributed by atoms with Crippen LogP contribution in [0.5, 0.6) is 0 Å². The molecule has 0 fully saturated rings. The second-order valence-corrected chi connectivity index (χ2v) is 7.59. The molecule has 0 aliphatic heterocycles. The summed E-state index contributed by atoms with van der Waals surface area (Å²) >= 11 is 0. The normalized spacial score (nSPS) is 18.2. The van der Waals surface area contributed by atoms with Crippen molar-refractivity contribution in [2.75, 3.05) is 0 Å². The van der Waals surface area contributed by atoms with Gasteiger partial charge in [-0.1, -0.05) is 45.9 Å². The summed E-state index contributed by atoms with van der Waals surface area (Å²) in [5.41, 5.74) is 4.44. The molecule has 1 aliphatic carbocycles. The molecule has 1 aromatic heterocycles. The number of pyridine rings is 1. The van der Waals surface area contributed by atoms with Gasteiger partial charge in [0.1, 0.15) is 0 Å². The Morgan fingerprint density at radius 2 is 1.82 bits per heavy atom. The van der Waals surface area contributed by atoms with Gasteiger partial charge in [0.15, 0.2) is 0 Å². The maximum Gasteiger partial charge on any atom is 0.0161 e. The van der Waals surface area contributed by atoms with E-state index in [1.165, 1.54) is 28.3 Å². The zero-order valence-corrected chi connectivity index (χ0v) is 15.8. The van der Waals surface area contributed by atoms with E-state index in [1.54, 1.807) is 0 Å². The number of benzene rings is 2. The molecule has 4 rings (SSSR count). The quantitative estimate of drug-likeness (QED) is 0.330. The number of hydrogen-bond donors (Lipinski definition) is 0. The van der Waals surface area contributed by atoms with E-state index in [1.807, 2.05) is 12.3 Å². The molecule has 1 nitrogen and oxygen atoms in total. The molecule has 0 spiro atoms. The topological polar surface area (TPSA) is 12.9 Å². The van der Waals surface area contributed by atoms with Crippen LogP contribution < -0.4 is 0 Å². The average Bonchev–Trinajstić information content (AvgIpc) is 2.63.